The number of anilines is 3. The second-order valence-electron chi connectivity index (χ2n) is 4.66. The van der Waals surface area contributed by atoms with Crippen molar-refractivity contribution in [3.8, 4) is 0 Å². The monoisotopic (exact) mass is 358 g/mol. The highest BCUT2D eigenvalue weighted by atomic mass is 32.2. The van der Waals surface area contributed by atoms with Gasteiger partial charge in [0, 0.05) is 5.69 Å². The lowest BCUT2D eigenvalue weighted by Gasteiger charge is -2.12. The van der Waals surface area contributed by atoms with Gasteiger partial charge in [-0.1, -0.05) is 11.8 Å². The number of thioether (sulfide) groups is 1. The summed E-state index contributed by atoms with van der Waals surface area (Å²) in [4.78, 5) is 23.4. The summed E-state index contributed by atoms with van der Waals surface area (Å²) < 4.78 is 37.5. The van der Waals surface area contributed by atoms with Gasteiger partial charge in [-0.2, -0.15) is 28.1 Å². The van der Waals surface area contributed by atoms with Gasteiger partial charge >= 0.3 is 6.18 Å². The zero-order chi connectivity index (χ0) is 17.9. The van der Waals surface area contributed by atoms with Gasteiger partial charge in [-0.05, 0) is 31.2 Å². The third-order valence-electron chi connectivity index (χ3n) is 2.78. The molecule has 1 heterocycles. The molecule has 0 aliphatic rings. The average Bonchev–Trinajstić information content (AvgIpc) is 2.45. The van der Waals surface area contributed by atoms with Gasteiger partial charge in [0.25, 0.3) is 0 Å². The van der Waals surface area contributed by atoms with Crippen LogP contribution < -0.4 is 16.8 Å². The van der Waals surface area contributed by atoms with E-state index in [4.69, 9.17) is 11.5 Å². The van der Waals surface area contributed by atoms with Crippen molar-refractivity contribution in [1.82, 2.24) is 15.0 Å². The molecule has 0 bridgehead atoms. The predicted molar refractivity (Wildman–Crippen MR) is 84.0 cm³/mol. The summed E-state index contributed by atoms with van der Waals surface area (Å²) in [6.07, 6.45) is -4.43. The smallest absolute Gasteiger partial charge is 0.368 e. The Kier molecular flexibility index (Phi) is 5.12. The van der Waals surface area contributed by atoms with Crippen LogP contribution in [0.15, 0.2) is 29.4 Å². The fraction of sp³-hybridized carbons (Fsp3) is 0.231. The Morgan fingerprint density at radius 1 is 1.12 bits per heavy atom. The Balaban J connectivity index is 2.01. The van der Waals surface area contributed by atoms with Crippen molar-refractivity contribution in [1.29, 1.82) is 0 Å². The van der Waals surface area contributed by atoms with Crippen LogP contribution in [0, 0.1) is 0 Å². The highest BCUT2D eigenvalue weighted by Crippen LogP contribution is 2.30. The van der Waals surface area contributed by atoms with Gasteiger partial charge in [-0.25, -0.2) is 0 Å². The summed E-state index contributed by atoms with van der Waals surface area (Å²) in [6.45, 7) is 1.58. The van der Waals surface area contributed by atoms with Crippen LogP contribution in [0.25, 0.3) is 0 Å². The third kappa shape index (κ3) is 4.72. The topological polar surface area (TPSA) is 120 Å². The molecule has 0 saturated carbocycles. The summed E-state index contributed by atoms with van der Waals surface area (Å²) in [6, 6.07) is 4.13. The van der Waals surface area contributed by atoms with Gasteiger partial charge in [-0.15, -0.1) is 0 Å². The largest absolute Gasteiger partial charge is 0.416 e. The van der Waals surface area contributed by atoms with Crippen LogP contribution in [-0.2, 0) is 11.0 Å². The Morgan fingerprint density at radius 3 is 2.17 bits per heavy atom. The van der Waals surface area contributed by atoms with E-state index in [1.165, 1.54) is 12.1 Å². The van der Waals surface area contributed by atoms with Gasteiger partial charge in [0.2, 0.25) is 17.8 Å². The lowest BCUT2D eigenvalue weighted by molar-refractivity contribution is -0.137. The van der Waals surface area contributed by atoms with E-state index in [-0.39, 0.29) is 22.7 Å². The molecule has 2 rings (SSSR count). The zero-order valence-electron chi connectivity index (χ0n) is 12.3. The van der Waals surface area contributed by atoms with Gasteiger partial charge in [0.05, 0.1) is 10.8 Å². The minimum Gasteiger partial charge on any atom is -0.368 e. The fourth-order valence-corrected chi connectivity index (χ4v) is 2.41. The number of hydrogen-bond donors (Lipinski definition) is 3. The van der Waals surface area contributed by atoms with Crippen LogP contribution in [0.2, 0.25) is 0 Å². The number of aromatic nitrogens is 3. The molecule has 2 aromatic rings. The van der Waals surface area contributed by atoms with E-state index in [1.54, 1.807) is 6.92 Å². The zero-order valence-corrected chi connectivity index (χ0v) is 13.1. The Morgan fingerprint density at radius 2 is 1.67 bits per heavy atom. The molecule has 0 unspecified atom stereocenters. The molecule has 128 valence electrons. The first-order valence-electron chi connectivity index (χ1n) is 6.57. The number of amides is 1. The SMILES string of the molecule is C[C@@H](Sc1nc(N)nc(N)n1)C(=O)Nc1ccc(C(F)(F)F)cc1. The molecule has 1 aromatic carbocycles. The quantitative estimate of drug-likeness (QED) is 0.716. The maximum atomic E-state index is 12.5. The van der Waals surface area contributed by atoms with E-state index in [0.717, 1.165) is 23.9 Å². The van der Waals surface area contributed by atoms with Gasteiger partial charge in [0.1, 0.15) is 0 Å². The molecule has 0 spiro atoms. The summed E-state index contributed by atoms with van der Waals surface area (Å²) in [5.41, 5.74) is 10.3. The van der Waals surface area contributed by atoms with Crippen LogP contribution in [0.3, 0.4) is 0 Å². The standard InChI is InChI=1S/C13H13F3N6OS/c1-6(24-12-21-10(17)20-11(18)22-12)9(23)19-8-4-2-7(3-5-8)13(14,15)16/h2-6H,1H3,(H,19,23)(H4,17,18,20,21,22)/t6-/m1/s1. The highest BCUT2D eigenvalue weighted by Gasteiger charge is 2.30. The van der Waals surface area contributed by atoms with Crippen molar-refractivity contribution in [2.75, 3.05) is 16.8 Å². The summed E-state index contributed by atoms with van der Waals surface area (Å²) in [7, 11) is 0. The van der Waals surface area contributed by atoms with E-state index in [9.17, 15) is 18.0 Å². The molecule has 1 atom stereocenters. The number of nitrogens with one attached hydrogen (secondary N) is 1. The van der Waals surface area contributed by atoms with Crippen LogP contribution in [-0.4, -0.2) is 26.1 Å². The van der Waals surface area contributed by atoms with Gasteiger partial charge < -0.3 is 16.8 Å². The minimum absolute atomic E-state index is 0.0691. The predicted octanol–water partition coefficient (Wildman–Crippen LogP) is 2.17. The Bertz CT molecular complexity index is 717. The summed E-state index contributed by atoms with van der Waals surface area (Å²) in [5, 5.41) is 2.05. The maximum Gasteiger partial charge on any atom is 0.416 e. The molecule has 1 aromatic heterocycles. The van der Waals surface area contributed by atoms with Crippen molar-refractivity contribution < 1.29 is 18.0 Å². The number of nitrogen functional groups attached to an aromatic ring is 2. The molecule has 0 aliphatic carbocycles. The molecule has 24 heavy (non-hydrogen) atoms. The summed E-state index contributed by atoms with van der Waals surface area (Å²) in [5.74, 6) is -0.571. The van der Waals surface area contributed by atoms with Crippen molar-refractivity contribution >= 4 is 35.3 Å². The van der Waals surface area contributed by atoms with Crippen molar-refractivity contribution in [2.45, 2.75) is 23.5 Å². The molecular formula is C13H13F3N6OS. The minimum atomic E-state index is -4.43. The van der Waals surface area contributed by atoms with Gasteiger partial charge in [-0.3, -0.25) is 4.79 Å². The van der Waals surface area contributed by atoms with Crippen LogP contribution in [0.1, 0.15) is 12.5 Å². The van der Waals surface area contributed by atoms with E-state index in [1.807, 2.05) is 0 Å². The first-order valence-corrected chi connectivity index (χ1v) is 7.45. The number of carbonyl (C=O) groups is 1. The number of alkyl halides is 3. The lowest BCUT2D eigenvalue weighted by Crippen LogP contribution is -2.23. The second-order valence-corrected chi connectivity index (χ2v) is 5.97. The number of benzene rings is 1. The van der Waals surface area contributed by atoms with Crippen LogP contribution in [0.4, 0.5) is 30.8 Å². The number of carbonyl (C=O) groups excluding carboxylic acids is 1. The van der Waals surface area contributed by atoms with Crippen LogP contribution >= 0.6 is 11.8 Å². The van der Waals surface area contributed by atoms with E-state index < -0.39 is 22.9 Å². The Labute approximate surface area is 139 Å². The normalized spacial score (nSPS) is 12.7. The highest BCUT2D eigenvalue weighted by molar-refractivity contribution is 8.00. The maximum absolute atomic E-state index is 12.5. The first kappa shape index (κ1) is 17.8. The number of nitrogens with two attached hydrogens (primary N) is 2. The van der Waals surface area contributed by atoms with E-state index in [0.29, 0.717) is 0 Å². The number of rotatable bonds is 4. The van der Waals surface area contributed by atoms with Gasteiger partial charge in [0.15, 0.2) is 5.16 Å². The molecule has 0 fully saturated rings. The second kappa shape index (κ2) is 6.91. The molecule has 11 heteroatoms. The number of halogens is 3. The molecule has 5 N–H and O–H groups in total. The average molecular weight is 358 g/mol. The third-order valence-corrected chi connectivity index (χ3v) is 3.74. The van der Waals surface area contributed by atoms with Crippen molar-refractivity contribution in [3.63, 3.8) is 0 Å². The Hall–Kier alpha value is -2.56. The molecule has 1 amide bonds. The summed E-state index contributed by atoms with van der Waals surface area (Å²) >= 11 is 0.992. The van der Waals surface area contributed by atoms with Crippen molar-refractivity contribution in [3.05, 3.63) is 29.8 Å². The number of nitrogens with zero attached hydrogens (tertiary/aromatic N) is 3. The molecule has 0 radical (unpaired) electrons. The first-order chi connectivity index (χ1) is 11.1. The van der Waals surface area contributed by atoms with Crippen LogP contribution in [0.5, 0.6) is 0 Å². The molecule has 0 saturated heterocycles. The lowest BCUT2D eigenvalue weighted by atomic mass is 10.2. The fourth-order valence-electron chi connectivity index (χ4n) is 1.64. The molecule has 0 aliphatic heterocycles. The van der Waals surface area contributed by atoms with E-state index in [2.05, 4.69) is 20.3 Å². The molecular weight excluding hydrogens is 345 g/mol. The molecule has 7 nitrogen and oxygen atoms in total. The van der Waals surface area contributed by atoms with Crippen molar-refractivity contribution in [2.24, 2.45) is 0 Å². The van der Waals surface area contributed by atoms with E-state index >= 15 is 0 Å². The number of hydrogen-bond acceptors (Lipinski definition) is 7.